The lowest BCUT2D eigenvalue weighted by Crippen LogP contribution is -2.23. The van der Waals surface area contributed by atoms with Crippen molar-refractivity contribution in [3.63, 3.8) is 0 Å². The number of ether oxygens (including phenoxy) is 1. The van der Waals surface area contributed by atoms with Crippen molar-refractivity contribution in [1.29, 1.82) is 0 Å². The maximum atomic E-state index is 11.3. The molecule has 1 aromatic heterocycles. The molecule has 1 aliphatic rings. The molecule has 1 N–H and O–H groups in total. The van der Waals surface area contributed by atoms with Crippen LogP contribution >= 0.6 is 0 Å². The number of hydrogen-bond acceptors (Lipinski definition) is 3. The van der Waals surface area contributed by atoms with Crippen molar-refractivity contribution < 1.29 is 9.53 Å². The quantitative estimate of drug-likeness (QED) is 0.672. The van der Waals surface area contributed by atoms with Gasteiger partial charge >= 0.3 is 0 Å². The van der Waals surface area contributed by atoms with Crippen molar-refractivity contribution in [2.75, 3.05) is 6.61 Å². The van der Waals surface area contributed by atoms with Gasteiger partial charge < -0.3 is 9.72 Å². The van der Waals surface area contributed by atoms with Crippen molar-refractivity contribution in [3.05, 3.63) is 33.2 Å². The Bertz CT molecular complexity index is 422. The van der Waals surface area contributed by atoms with Crippen LogP contribution in [0, 0.1) is 0 Å². The van der Waals surface area contributed by atoms with Crippen LogP contribution in [0.4, 0.5) is 0 Å². The lowest BCUT2D eigenvalue weighted by molar-refractivity contribution is 0.0549. The first-order valence-electron chi connectivity index (χ1n) is 4.55. The number of H-pyrrole nitrogens is 1. The summed E-state index contributed by atoms with van der Waals surface area (Å²) < 4.78 is 5.41. The van der Waals surface area contributed by atoms with Crippen molar-refractivity contribution in [2.45, 2.75) is 19.4 Å². The largest absolute Gasteiger partial charge is 0.373 e. The first-order valence-corrected chi connectivity index (χ1v) is 4.55. The molecule has 0 radical (unpaired) electrons. The van der Waals surface area contributed by atoms with Crippen LogP contribution in [0.3, 0.4) is 0 Å². The molecule has 0 fully saturated rings. The Kier molecular flexibility index (Phi) is 2.21. The van der Waals surface area contributed by atoms with Gasteiger partial charge in [-0.25, -0.2) is 0 Å². The molecule has 0 aromatic carbocycles. The summed E-state index contributed by atoms with van der Waals surface area (Å²) in [5, 5.41) is 0. The summed E-state index contributed by atoms with van der Waals surface area (Å²) >= 11 is 0. The Morgan fingerprint density at radius 2 is 2.43 bits per heavy atom. The van der Waals surface area contributed by atoms with E-state index in [4.69, 9.17) is 4.74 Å². The highest BCUT2D eigenvalue weighted by molar-refractivity contribution is 5.77. The van der Waals surface area contributed by atoms with Crippen LogP contribution in [-0.2, 0) is 11.2 Å². The summed E-state index contributed by atoms with van der Waals surface area (Å²) in [7, 11) is 0. The fourth-order valence-electron chi connectivity index (χ4n) is 1.79. The average molecular weight is 193 g/mol. The van der Waals surface area contributed by atoms with Gasteiger partial charge in [0.1, 0.15) is 0 Å². The fraction of sp³-hybridized carbons (Fsp3) is 0.400. The molecule has 2 rings (SSSR count). The number of aromatic amines is 1. The van der Waals surface area contributed by atoms with Crippen molar-refractivity contribution >= 4 is 6.29 Å². The van der Waals surface area contributed by atoms with Gasteiger partial charge in [-0.1, -0.05) is 0 Å². The number of fused-ring (bicyclic) bond motifs is 1. The van der Waals surface area contributed by atoms with Crippen LogP contribution in [0.25, 0.3) is 0 Å². The highest BCUT2D eigenvalue weighted by atomic mass is 16.5. The third kappa shape index (κ3) is 1.28. The van der Waals surface area contributed by atoms with Crippen molar-refractivity contribution in [1.82, 2.24) is 4.98 Å². The summed E-state index contributed by atoms with van der Waals surface area (Å²) in [4.78, 5) is 24.6. The molecule has 1 atom stereocenters. The second-order valence-electron chi connectivity index (χ2n) is 3.35. The molecule has 14 heavy (non-hydrogen) atoms. The second-order valence-corrected chi connectivity index (χ2v) is 3.35. The van der Waals surface area contributed by atoms with Gasteiger partial charge in [0.15, 0.2) is 6.29 Å². The monoisotopic (exact) mass is 193 g/mol. The normalized spacial score (nSPS) is 20.2. The minimum Gasteiger partial charge on any atom is -0.373 e. The number of aldehydes is 1. The molecule has 4 heteroatoms. The van der Waals surface area contributed by atoms with Crippen LogP contribution in [0.5, 0.6) is 0 Å². The van der Waals surface area contributed by atoms with Gasteiger partial charge in [-0.15, -0.1) is 0 Å². The molecule has 0 spiro atoms. The van der Waals surface area contributed by atoms with Gasteiger partial charge in [0.05, 0.1) is 18.3 Å². The minimum absolute atomic E-state index is 0.0469. The summed E-state index contributed by atoms with van der Waals surface area (Å²) in [6.45, 7) is 2.48. The van der Waals surface area contributed by atoms with Gasteiger partial charge in [0.2, 0.25) is 0 Å². The van der Waals surface area contributed by atoms with Crippen LogP contribution in [0.1, 0.15) is 34.5 Å². The average Bonchev–Trinajstić information content (AvgIpc) is 2.18. The van der Waals surface area contributed by atoms with Crippen LogP contribution in [-0.4, -0.2) is 17.9 Å². The number of hydrogen-bond donors (Lipinski definition) is 1. The molecule has 0 bridgehead atoms. The predicted octanol–water partition coefficient (Wildman–Crippen LogP) is 0.821. The van der Waals surface area contributed by atoms with Gasteiger partial charge in [0, 0.05) is 11.8 Å². The first kappa shape index (κ1) is 9.15. The van der Waals surface area contributed by atoms with Gasteiger partial charge in [-0.3, -0.25) is 9.59 Å². The van der Waals surface area contributed by atoms with E-state index in [0.717, 1.165) is 11.1 Å². The summed E-state index contributed by atoms with van der Waals surface area (Å²) in [5.74, 6) is 0. The zero-order valence-electron chi connectivity index (χ0n) is 7.87. The molecule has 74 valence electrons. The Morgan fingerprint density at radius 3 is 3.14 bits per heavy atom. The predicted molar refractivity (Wildman–Crippen MR) is 50.5 cm³/mol. The SMILES string of the molecule is C[C@H]1OCCc2c1c[nH]c(=O)c2C=O. The summed E-state index contributed by atoms with van der Waals surface area (Å²) in [5.41, 5.74) is 1.69. The molecule has 0 saturated carbocycles. The van der Waals surface area contributed by atoms with E-state index >= 15 is 0 Å². The van der Waals surface area contributed by atoms with Crippen LogP contribution in [0.2, 0.25) is 0 Å². The van der Waals surface area contributed by atoms with E-state index < -0.39 is 0 Å². The standard InChI is InChI=1S/C10H11NO3/c1-6-8-4-11-10(13)9(5-12)7(8)2-3-14-6/h4-6H,2-3H2,1H3,(H,11,13)/t6-/m1/s1. The van der Waals surface area contributed by atoms with E-state index in [1.54, 1.807) is 6.20 Å². The highest BCUT2D eigenvalue weighted by Crippen LogP contribution is 2.25. The van der Waals surface area contributed by atoms with E-state index in [1.807, 2.05) is 6.92 Å². The number of pyridine rings is 1. The van der Waals surface area contributed by atoms with Gasteiger partial charge in [-0.2, -0.15) is 0 Å². The molecular weight excluding hydrogens is 182 g/mol. The highest BCUT2D eigenvalue weighted by Gasteiger charge is 2.20. The van der Waals surface area contributed by atoms with E-state index in [2.05, 4.69) is 4.98 Å². The molecular formula is C10H11NO3. The second kappa shape index (κ2) is 3.38. The Balaban J connectivity index is 2.67. The Labute approximate surface area is 80.9 Å². The molecule has 0 unspecified atom stereocenters. The lowest BCUT2D eigenvalue weighted by Gasteiger charge is -2.23. The minimum atomic E-state index is -0.312. The van der Waals surface area contributed by atoms with E-state index in [-0.39, 0.29) is 17.2 Å². The maximum Gasteiger partial charge on any atom is 0.258 e. The van der Waals surface area contributed by atoms with Crippen LogP contribution < -0.4 is 5.56 Å². The fourth-order valence-corrected chi connectivity index (χ4v) is 1.79. The molecule has 1 aromatic rings. The smallest absolute Gasteiger partial charge is 0.258 e. The molecule has 4 nitrogen and oxygen atoms in total. The number of carbonyl (C=O) groups excluding carboxylic acids is 1. The van der Waals surface area contributed by atoms with E-state index in [1.165, 1.54) is 0 Å². The van der Waals surface area contributed by atoms with Crippen LogP contribution in [0.15, 0.2) is 11.0 Å². The lowest BCUT2D eigenvalue weighted by atomic mass is 9.97. The van der Waals surface area contributed by atoms with Crippen molar-refractivity contribution in [3.8, 4) is 0 Å². The van der Waals surface area contributed by atoms with E-state index in [9.17, 15) is 9.59 Å². The maximum absolute atomic E-state index is 11.3. The number of rotatable bonds is 1. The third-order valence-corrected chi connectivity index (χ3v) is 2.55. The summed E-state index contributed by atoms with van der Waals surface area (Å²) in [6.07, 6.45) is 2.84. The molecule has 0 amide bonds. The Hall–Kier alpha value is -1.42. The first-order chi connectivity index (χ1) is 6.74. The van der Waals surface area contributed by atoms with Gasteiger partial charge in [0.25, 0.3) is 5.56 Å². The summed E-state index contributed by atoms with van der Waals surface area (Å²) in [6, 6.07) is 0. The Morgan fingerprint density at radius 1 is 1.64 bits per heavy atom. The van der Waals surface area contributed by atoms with E-state index in [0.29, 0.717) is 19.3 Å². The molecule has 1 aliphatic heterocycles. The number of nitrogens with one attached hydrogen (secondary N) is 1. The molecule has 0 aliphatic carbocycles. The number of carbonyl (C=O) groups is 1. The molecule has 2 heterocycles. The zero-order valence-corrected chi connectivity index (χ0v) is 7.87. The topological polar surface area (TPSA) is 59.2 Å². The number of aromatic nitrogens is 1. The third-order valence-electron chi connectivity index (χ3n) is 2.55. The zero-order chi connectivity index (χ0) is 10.1. The van der Waals surface area contributed by atoms with Gasteiger partial charge in [-0.05, 0) is 18.9 Å². The van der Waals surface area contributed by atoms with Crippen molar-refractivity contribution in [2.24, 2.45) is 0 Å². The molecule has 0 saturated heterocycles.